The second-order valence-electron chi connectivity index (χ2n) is 6.39. The molecule has 1 amide bonds. The summed E-state index contributed by atoms with van der Waals surface area (Å²) >= 11 is 0. The van der Waals surface area contributed by atoms with Gasteiger partial charge in [-0.3, -0.25) is 4.79 Å². The number of carbonyl (C=O) groups is 1. The topological polar surface area (TPSA) is 50.2 Å². The molecule has 1 aliphatic rings. The highest BCUT2D eigenvalue weighted by Crippen LogP contribution is 2.21. The Kier molecular flexibility index (Phi) is 9.25. The molecule has 0 saturated carbocycles. The van der Waals surface area contributed by atoms with Crippen LogP contribution in [0.1, 0.15) is 25.7 Å². The molecular formula is C18H28Cl2N4O. The second kappa shape index (κ2) is 10.6. The molecule has 0 unspecified atom stereocenters. The Morgan fingerprint density at radius 1 is 1.24 bits per heavy atom. The van der Waals surface area contributed by atoms with Crippen molar-refractivity contribution >= 4 is 41.8 Å². The number of hydrogen-bond donors (Lipinski definition) is 1. The average Bonchev–Trinajstić information content (AvgIpc) is 3.01. The molecule has 140 valence electrons. The van der Waals surface area contributed by atoms with E-state index in [4.69, 9.17) is 0 Å². The average molecular weight is 387 g/mol. The van der Waals surface area contributed by atoms with Crippen LogP contribution in [0.3, 0.4) is 0 Å². The van der Waals surface area contributed by atoms with Crippen LogP contribution in [0.2, 0.25) is 0 Å². The van der Waals surface area contributed by atoms with E-state index >= 15 is 0 Å². The van der Waals surface area contributed by atoms with Crippen LogP contribution >= 0.6 is 24.8 Å². The minimum absolute atomic E-state index is 0. The SMILES string of the molecule is CNCCC1CCN(C(=O)CCn2cnc3ccccc32)CC1.Cl.Cl. The number of nitrogens with zero attached hydrogens (tertiary/aromatic N) is 3. The summed E-state index contributed by atoms with van der Waals surface area (Å²) in [5, 5.41) is 3.21. The van der Waals surface area contributed by atoms with E-state index in [1.54, 1.807) is 0 Å². The van der Waals surface area contributed by atoms with Gasteiger partial charge in [0.05, 0.1) is 17.4 Å². The van der Waals surface area contributed by atoms with Crippen LogP contribution < -0.4 is 5.32 Å². The first-order valence-corrected chi connectivity index (χ1v) is 8.60. The third-order valence-corrected chi connectivity index (χ3v) is 4.86. The minimum atomic E-state index is 0. The molecule has 1 N–H and O–H groups in total. The molecule has 5 nitrogen and oxygen atoms in total. The second-order valence-corrected chi connectivity index (χ2v) is 6.39. The number of aromatic nitrogens is 2. The zero-order valence-electron chi connectivity index (χ0n) is 14.7. The number of nitrogens with one attached hydrogen (secondary N) is 1. The number of benzene rings is 1. The smallest absolute Gasteiger partial charge is 0.224 e. The van der Waals surface area contributed by atoms with E-state index in [9.17, 15) is 4.79 Å². The molecule has 2 heterocycles. The highest BCUT2D eigenvalue weighted by atomic mass is 35.5. The van der Waals surface area contributed by atoms with Crippen molar-refractivity contribution in [1.82, 2.24) is 19.8 Å². The molecule has 1 aromatic carbocycles. The Hall–Kier alpha value is -1.30. The van der Waals surface area contributed by atoms with E-state index in [1.165, 1.54) is 6.42 Å². The highest BCUT2D eigenvalue weighted by molar-refractivity contribution is 5.85. The summed E-state index contributed by atoms with van der Waals surface area (Å²) in [7, 11) is 2.00. The van der Waals surface area contributed by atoms with Crippen LogP contribution in [0.15, 0.2) is 30.6 Å². The van der Waals surface area contributed by atoms with Crippen LogP contribution in [0, 0.1) is 5.92 Å². The monoisotopic (exact) mass is 386 g/mol. The van der Waals surface area contributed by atoms with Gasteiger partial charge < -0.3 is 14.8 Å². The summed E-state index contributed by atoms with van der Waals surface area (Å²) in [6, 6.07) is 8.06. The summed E-state index contributed by atoms with van der Waals surface area (Å²) in [4.78, 5) is 18.8. The van der Waals surface area contributed by atoms with Crippen LogP contribution in [0.25, 0.3) is 11.0 Å². The lowest BCUT2D eigenvalue weighted by atomic mass is 9.93. The molecule has 3 rings (SSSR count). The zero-order chi connectivity index (χ0) is 16.1. The molecule has 2 aromatic rings. The molecule has 1 saturated heterocycles. The number of piperidine rings is 1. The van der Waals surface area contributed by atoms with Crippen molar-refractivity contribution in [3.05, 3.63) is 30.6 Å². The first-order chi connectivity index (χ1) is 11.3. The summed E-state index contributed by atoms with van der Waals surface area (Å²) in [6.07, 6.45) is 5.89. The standard InChI is InChI=1S/C18H26N4O.2ClH/c1-19-10-6-15-7-11-21(12-8-15)18(23)9-13-22-14-20-16-4-2-3-5-17(16)22;;/h2-5,14-15,19H,6-13H2,1H3;2*1H. The predicted octanol–water partition coefficient (Wildman–Crippen LogP) is 3.12. The van der Waals surface area contributed by atoms with Gasteiger partial charge in [-0.25, -0.2) is 4.98 Å². The highest BCUT2D eigenvalue weighted by Gasteiger charge is 2.22. The van der Waals surface area contributed by atoms with Gasteiger partial charge in [-0.05, 0) is 50.9 Å². The molecule has 1 aliphatic heterocycles. The number of rotatable bonds is 6. The Labute approximate surface area is 162 Å². The number of hydrogen-bond acceptors (Lipinski definition) is 3. The zero-order valence-corrected chi connectivity index (χ0v) is 16.3. The molecule has 7 heteroatoms. The van der Waals surface area contributed by atoms with Gasteiger partial charge in [0.15, 0.2) is 0 Å². The van der Waals surface area contributed by atoms with Crippen LogP contribution in [0.5, 0.6) is 0 Å². The van der Waals surface area contributed by atoms with Gasteiger partial charge in [0.25, 0.3) is 0 Å². The minimum Gasteiger partial charge on any atom is -0.343 e. The van der Waals surface area contributed by atoms with E-state index < -0.39 is 0 Å². The maximum Gasteiger partial charge on any atom is 0.224 e. The Balaban J connectivity index is 0.00000156. The molecular weight excluding hydrogens is 359 g/mol. The number of carbonyl (C=O) groups excluding carboxylic acids is 1. The Bertz CT molecular complexity index is 653. The largest absolute Gasteiger partial charge is 0.343 e. The predicted molar refractivity (Wildman–Crippen MR) is 107 cm³/mol. The third kappa shape index (κ3) is 5.59. The summed E-state index contributed by atoms with van der Waals surface area (Å²) < 4.78 is 2.08. The number of halogens is 2. The van der Waals surface area contributed by atoms with Gasteiger partial charge in [-0.1, -0.05) is 12.1 Å². The summed E-state index contributed by atoms with van der Waals surface area (Å²) in [5.41, 5.74) is 2.09. The number of likely N-dealkylation sites (tertiary alicyclic amines) is 1. The maximum atomic E-state index is 12.4. The van der Waals surface area contributed by atoms with Crippen LogP contribution in [-0.4, -0.2) is 47.0 Å². The molecule has 1 aromatic heterocycles. The molecule has 0 radical (unpaired) electrons. The molecule has 0 spiro atoms. The number of fused-ring (bicyclic) bond motifs is 1. The van der Waals surface area contributed by atoms with E-state index in [0.29, 0.717) is 13.0 Å². The quantitative estimate of drug-likeness (QED) is 0.829. The van der Waals surface area contributed by atoms with Crippen LogP contribution in [0.4, 0.5) is 0 Å². The van der Waals surface area contributed by atoms with Gasteiger partial charge >= 0.3 is 0 Å². The van der Waals surface area contributed by atoms with Crippen LogP contribution in [-0.2, 0) is 11.3 Å². The normalized spacial score (nSPS) is 14.8. The molecule has 0 aliphatic carbocycles. The van der Waals surface area contributed by atoms with Gasteiger partial charge in [0.2, 0.25) is 5.91 Å². The van der Waals surface area contributed by atoms with Crippen molar-refractivity contribution in [2.24, 2.45) is 5.92 Å². The number of amides is 1. The van der Waals surface area contributed by atoms with Crippen molar-refractivity contribution < 1.29 is 4.79 Å². The summed E-state index contributed by atoms with van der Waals surface area (Å²) in [6.45, 7) is 3.61. The van der Waals surface area contributed by atoms with Gasteiger partial charge in [0, 0.05) is 26.1 Å². The molecule has 0 atom stereocenters. The van der Waals surface area contributed by atoms with E-state index in [0.717, 1.165) is 49.4 Å². The van der Waals surface area contributed by atoms with Gasteiger partial charge in [0.1, 0.15) is 0 Å². The maximum absolute atomic E-state index is 12.4. The lowest BCUT2D eigenvalue weighted by molar-refractivity contribution is -0.132. The first kappa shape index (κ1) is 21.7. The molecule has 1 fully saturated rings. The lowest BCUT2D eigenvalue weighted by Gasteiger charge is -2.32. The number of para-hydroxylation sites is 2. The number of aryl methyl sites for hydroxylation is 1. The van der Waals surface area contributed by atoms with Crippen molar-refractivity contribution in [3.8, 4) is 0 Å². The van der Waals surface area contributed by atoms with Crippen molar-refractivity contribution in [3.63, 3.8) is 0 Å². The van der Waals surface area contributed by atoms with Crippen molar-refractivity contribution in [1.29, 1.82) is 0 Å². The fourth-order valence-corrected chi connectivity index (χ4v) is 3.38. The van der Waals surface area contributed by atoms with Gasteiger partial charge in [-0.2, -0.15) is 0 Å². The third-order valence-electron chi connectivity index (χ3n) is 4.86. The Morgan fingerprint density at radius 3 is 2.68 bits per heavy atom. The molecule has 25 heavy (non-hydrogen) atoms. The number of imidazole rings is 1. The van der Waals surface area contributed by atoms with E-state index in [-0.39, 0.29) is 30.7 Å². The van der Waals surface area contributed by atoms with E-state index in [1.807, 2.05) is 36.5 Å². The van der Waals surface area contributed by atoms with Gasteiger partial charge in [-0.15, -0.1) is 24.8 Å². The van der Waals surface area contributed by atoms with E-state index in [2.05, 4.69) is 20.9 Å². The summed E-state index contributed by atoms with van der Waals surface area (Å²) in [5.74, 6) is 1.04. The van der Waals surface area contributed by atoms with Crippen molar-refractivity contribution in [2.75, 3.05) is 26.7 Å². The lowest BCUT2D eigenvalue weighted by Crippen LogP contribution is -2.39. The Morgan fingerprint density at radius 2 is 1.96 bits per heavy atom. The fraction of sp³-hybridized carbons (Fsp3) is 0.556. The fourth-order valence-electron chi connectivity index (χ4n) is 3.38. The molecule has 0 bridgehead atoms. The first-order valence-electron chi connectivity index (χ1n) is 8.60. The van der Waals surface area contributed by atoms with Crippen molar-refractivity contribution in [2.45, 2.75) is 32.2 Å².